The summed E-state index contributed by atoms with van der Waals surface area (Å²) in [5, 5.41) is 17.2. The van der Waals surface area contributed by atoms with Gasteiger partial charge in [-0.3, -0.25) is 19.6 Å². The van der Waals surface area contributed by atoms with Crippen LogP contribution in [-0.4, -0.2) is 32.7 Å². The van der Waals surface area contributed by atoms with Gasteiger partial charge in [0.2, 0.25) is 5.91 Å². The number of halogens is 1. The fourth-order valence-electron chi connectivity index (χ4n) is 1.34. The second-order valence-corrected chi connectivity index (χ2v) is 5.63. The van der Waals surface area contributed by atoms with Crippen molar-refractivity contribution in [2.45, 2.75) is 38.8 Å². The SMILES string of the molecule is CC(C)(N)CNC(=O)C(C)(C)n1cc([N+](=O)[O-])cn1.Cl. The molecule has 3 N–H and O–H groups in total. The molecule has 1 aromatic rings. The van der Waals surface area contributed by atoms with Crippen LogP contribution in [0.25, 0.3) is 0 Å². The van der Waals surface area contributed by atoms with Crippen LogP contribution in [-0.2, 0) is 10.3 Å². The van der Waals surface area contributed by atoms with Gasteiger partial charge in [0.15, 0.2) is 0 Å². The molecule has 0 unspecified atom stereocenters. The average Bonchev–Trinajstić information content (AvgIpc) is 2.74. The quantitative estimate of drug-likeness (QED) is 0.616. The van der Waals surface area contributed by atoms with Crippen molar-refractivity contribution < 1.29 is 9.72 Å². The Kier molecular flexibility index (Phi) is 5.67. The Bertz CT molecular complexity index is 492. The normalized spacial score (nSPS) is 11.7. The number of aromatic nitrogens is 2. The van der Waals surface area contributed by atoms with Crippen LogP contribution >= 0.6 is 12.4 Å². The predicted molar refractivity (Wildman–Crippen MR) is 76.7 cm³/mol. The Morgan fingerprint density at radius 2 is 2.05 bits per heavy atom. The molecule has 1 amide bonds. The van der Waals surface area contributed by atoms with Crippen molar-refractivity contribution in [3.8, 4) is 0 Å². The Morgan fingerprint density at radius 1 is 1.50 bits per heavy atom. The average molecular weight is 306 g/mol. The third-order valence-corrected chi connectivity index (χ3v) is 2.61. The minimum atomic E-state index is -1.03. The first-order chi connectivity index (χ1) is 8.54. The fraction of sp³-hybridized carbons (Fsp3) is 0.636. The molecule has 1 rings (SSSR count). The molecule has 114 valence electrons. The largest absolute Gasteiger partial charge is 0.352 e. The van der Waals surface area contributed by atoms with E-state index in [-0.39, 0.29) is 24.0 Å². The second kappa shape index (κ2) is 6.19. The van der Waals surface area contributed by atoms with E-state index in [0.29, 0.717) is 6.54 Å². The van der Waals surface area contributed by atoms with Crippen LogP contribution in [0.15, 0.2) is 12.4 Å². The van der Waals surface area contributed by atoms with Crippen molar-refractivity contribution >= 4 is 24.0 Å². The lowest BCUT2D eigenvalue weighted by Gasteiger charge is -2.26. The Balaban J connectivity index is 0.00000361. The molecule has 0 aliphatic rings. The maximum Gasteiger partial charge on any atom is 0.307 e. The van der Waals surface area contributed by atoms with Crippen LogP contribution in [0, 0.1) is 10.1 Å². The Labute approximate surface area is 123 Å². The lowest BCUT2D eigenvalue weighted by atomic mass is 10.0. The van der Waals surface area contributed by atoms with Crippen LogP contribution in [0.2, 0.25) is 0 Å². The highest BCUT2D eigenvalue weighted by Crippen LogP contribution is 2.18. The van der Waals surface area contributed by atoms with Gasteiger partial charge in [-0.1, -0.05) is 0 Å². The second-order valence-electron chi connectivity index (χ2n) is 5.63. The van der Waals surface area contributed by atoms with Crippen LogP contribution in [0.4, 0.5) is 5.69 Å². The van der Waals surface area contributed by atoms with Crippen LogP contribution < -0.4 is 11.1 Å². The zero-order valence-corrected chi connectivity index (χ0v) is 12.7. The number of carbonyl (C=O) groups excluding carboxylic acids is 1. The topological polar surface area (TPSA) is 116 Å². The van der Waals surface area contributed by atoms with E-state index < -0.39 is 16.0 Å². The maximum absolute atomic E-state index is 12.1. The minimum Gasteiger partial charge on any atom is -0.352 e. The summed E-state index contributed by atoms with van der Waals surface area (Å²) in [6.07, 6.45) is 2.34. The molecule has 0 spiro atoms. The fourth-order valence-corrected chi connectivity index (χ4v) is 1.34. The minimum absolute atomic E-state index is 0. The molecule has 0 atom stereocenters. The first-order valence-corrected chi connectivity index (χ1v) is 5.81. The number of nitro groups is 1. The van der Waals surface area contributed by atoms with E-state index in [1.807, 2.05) is 0 Å². The van der Waals surface area contributed by atoms with Gasteiger partial charge in [-0.25, -0.2) is 0 Å². The molecule has 9 heteroatoms. The van der Waals surface area contributed by atoms with Gasteiger partial charge >= 0.3 is 5.69 Å². The van der Waals surface area contributed by atoms with Gasteiger partial charge in [0, 0.05) is 12.1 Å². The van der Waals surface area contributed by atoms with Crippen molar-refractivity contribution in [2.24, 2.45) is 5.73 Å². The Hall–Kier alpha value is -1.67. The molecular weight excluding hydrogens is 286 g/mol. The number of carbonyl (C=O) groups is 1. The highest BCUT2D eigenvalue weighted by molar-refractivity contribution is 5.85. The van der Waals surface area contributed by atoms with Gasteiger partial charge in [-0.2, -0.15) is 5.10 Å². The molecule has 0 saturated carbocycles. The van der Waals surface area contributed by atoms with Crippen molar-refractivity contribution in [3.63, 3.8) is 0 Å². The predicted octanol–water partition coefficient (Wildman–Crippen LogP) is 0.802. The van der Waals surface area contributed by atoms with Crippen molar-refractivity contribution in [2.75, 3.05) is 6.54 Å². The number of nitrogens with zero attached hydrogens (tertiary/aromatic N) is 3. The molecule has 8 nitrogen and oxygen atoms in total. The molecule has 1 heterocycles. The third-order valence-electron chi connectivity index (χ3n) is 2.61. The molecule has 0 radical (unpaired) electrons. The van der Waals surface area contributed by atoms with E-state index in [1.165, 1.54) is 10.9 Å². The van der Waals surface area contributed by atoms with Crippen LogP contribution in [0.1, 0.15) is 27.7 Å². The van der Waals surface area contributed by atoms with Gasteiger partial charge < -0.3 is 11.1 Å². The molecule has 0 aliphatic heterocycles. The van der Waals surface area contributed by atoms with Crippen molar-refractivity contribution in [1.29, 1.82) is 0 Å². The lowest BCUT2D eigenvalue weighted by Crippen LogP contribution is -2.51. The maximum atomic E-state index is 12.1. The van der Waals surface area contributed by atoms with E-state index in [1.54, 1.807) is 27.7 Å². The molecule has 0 bridgehead atoms. The lowest BCUT2D eigenvalue weighted by molar-refractivity contribution is -0.385. The number of rotatable bonds is 5. The molecule has 20 heavy (non-hydrogen) atoms. The van der Waals surface area contributed by atoms with Gasteiger partial charge in [-0.15, -0.1) is 12.4 Å². The van der Waals surface area contributed by atoms with Gasteiger partial charge in [0.05, 0.1) is 4.92 Å². The zero-order valence-electron chi connectivity index (χ0n) is 11.9. The summed E-state index contributed by atoms with van der Waals surface area (Å²) in [5.74, 6) is -0.302. The first kappa shape index (κ1) is 18.3. The number of amides is 1. The van der Waals surface area contributed by atoms with Crippen molar-refractivity contribution in [3.05, 3.63) is 22.5 Å². The number of hydrogen-bond donors (Lipinski definition) is 2. The summed E-state index contributed by atoms with van der Waals surface area (Å²) in [7, 11) is 0. The summed E-state index contributed by atoms with van der Waals surface area (Å²) in [4.78, 5) is 22.1. The van der Waals surface area contributed by atoms with Gasteiger partial charge in [-0.05, 0) is 27.7 Å². The van der Waals surface area contributed by atoms with E-state index in [0.717, 1.165) is 6.20 Å². The summed E-state index contributed by atoms with van der Waals surface area (Å²) in [5.41, 5.74) is 4.08. The van der Waals surface area contributed by atoms with E-state index in [2.05, 4.69) is 10.4 Å². The highest BCUT2D eigenvalue weighted by atomic mass is 35.5. The smallest absolute Gasteiger partial charge is 0.307 e. The molecular formula is C11H20ClN5O3. The van der Waals surface area contributed by atoms with Gasteiger partial charge in [0.1, 0.15) is 17.9 Å². The van der Waals surface area contributed by atoms with Crippen LogP contribution in [0.3, 0.4) is 0 Å². The number of hydrogen-bond acceptors (Lipinski definition) is 5. The number of nitrogens with one attached hydrogen (secondary N) is 1. The Morgan fingerprint density at radius 3 is 2.45 bits per heavy atom. The molecule has 0 aromatic carbocycles. The zero-order chi connectivity index (χ0) is 14.8. The van der Waals surface area contributed by atoms with Gasteiger partial charge in [0.25, 0.3) is 0 Å². The summed E-state index contributed by atoms with van der Waals surface area (Å²) in [6, 6.07) is 0. The summed E-state index contributed by atoms with van der Waals surface area (Å²) >= 11 is 0. The monoisotopic (exact) mass is 305 g/mol. The van der Waals surface area contributed by atoms with E-state index in [9.17, 15) is 14.9 Å². The molecule has 1 aromatic heterocycles. The standard InChI is InChI=1S/C11H19N5O3.ClH/c1-10(2,12)7-13-9(17)11(3,4)15-6-8(5-14-15)16(18)19;/h5-6H,7,12H2,1-4H3,(H,13,17);1H. The molecule has 0 fully saturated rings. The van der Waals surface area contributed by atoms with Crippen LogP contribution in [0.5, 0.6) is 0 Å². The first-order valence-electron chi connectivity index (χ1n) is 5.81. The molecule has 0 aliphatic carbocycles. The van der Waals surface area contributed by atoms with Crippen molar-refractivity contribution in [1.82, 2.24) is 15.1 Å². The van der Waals surface area contributed by atoms with E-state index >= 15 is 0 Å². The summed E-state index contributed by atoms with van der Waals surface area (Å²) in [6.45, 7) is 7.14. The third kappa shape index (κ3) is 4.46. The number of nitrogens with two attached hydrogens (primary N) is 1. The summed E-state index contributed by atoms with van der Waals surface area (Å²) < 4.78 is 1.27. The highest BCUT2D eigenvalue weighted by Gasteiger charge is 2.32. The van der Waals surface area contributed by atoms with E-state index in [4.69, 9.17) is 5.73 Å². The molecule has 0 saturated heterocycles.